The first-order valence-corrected chi connectivity index (χ1v) is 12.7. The van der Waals surface area contributed by atoms with Crippen LogP contribution >= 0.6 is 0 Å². The number of likely N-dealkylation sites (tertiary alicyclic amines) is 1. The van der Waals surface area contributed by atoms with Crippen molar-refractivity contribution in [2.24, 2.45) is 0 Å². The molecular formula is C26H34N8O. The van der Waals surface area contributed by atoms with Crippen molar-refractivity contribution in [2.75, 3.05) is 36.8 Å². The molecule has 0 radical (unpaired) electrons. The lowest BCUT2D eigenvalue weighted by molar-refractivity contribution is -0.121. The highest BCUT2D eigenvalue weighted by Gasteiger charge is 2.26. The van der Waals surface area contributed by atoms with E-state index in [1.165, 1.54) is 32.1 Å². The van der Waals surface area contributed by atoms with Crippen molar-refractivity contribution in [3.63, 3.8) is 0 Å². The van der Waals surface area contributed by atoms with Crippen molar-refractivity contribution in [1.29, 1.82) is 0 Å². The van der Waals surface area contributed by atoms with Crippen LogP contribution in [0.1, 0.15) is 55.7 Å². The molecule has 0 spiro atoms. The van der Waals surface area contributed by atoms with Crippen LogP contribution in [0.15, 0.2) is 42.6 Å². The summed E-state index contributed by atoms with van der Waals surface area (Å²) in [6, 6.07) is 11.9. The average Bonchev–Trinajstić information content (AvgIpc) is 3.63. The molecule has 2 fully saturated rings. The second-order valence-electron chi connectivity index (χ2n) is 9.45. The third-order valence-corrected chi connectivity index (χ3v) is 6.56. The van der Waals surface area contributed by atoms with E-state index in [0.717, 1.165) is 55.4 Å². The second kappa shape index (κ2) is 11.3. The number of aromatic nitrogens is 4. The first-order valence-electron chi connectivity index (χ1n) is 12.7. The van der Waals surface area contributed by atoms with E-state index in [-0.39, 0.29) is 5.91 Å². The van der Waals surface area contributed by atoms with Gasteiger partial charge in [0.25, 0.3) is 0 Å². The molecule has 1 aliphatic heterocycles. The van der Waals surface area contributed by atoms with Gasteiger partial charge in [-0.25, -0.2) is 4.98 Å². The van der Waals surface area contributed by atoms with E-state index in [4.69, 9.17) is 0 Å². The van der Waals surface area contributed by atoms with Gasteiger partial charge in [0.15, 0.2) is 0 Å². The zero-order chi connectivity index (χ0) is 23.9. The Balaban J connectivity index is 1.06. The lowest BCUT2D eigenvalue weighted by atomic mass is 10.1. The summed E-state index contributed by atoms with van der Waals surface area (Å²) in [5, 5.41) is 16.9. The van der Waals surface area contributed by atoms with Gasteiger partial charge in [0.05, 0.1) is 5.69 Å². The number of aromatic amines is 1. The summed E-state index contributed by atoms with van der Waals surface area (Å²) in [7, 11) is 0. The summed E-state index contributed by atoms with van der Waals surface area (Å²) >= 11 is 0. The van der Waals surface area contributed by atoms with E-state index in [9.17, 15) is 4.79 Å². The number of amides is 1. The largest absolute Gasteiger partial charge is 0.355 e. The van der Waals surface area contributed by atoms with Gasteiger partial charge in [-0.05, 0) is 69.0 Å². The predicted octanol–water partition coefficient (Wildman–Crippen LogP) is 4.10. The van der Waals surface area contributed by atoms with Crippen LogP contribution in [0.3, 0.4) is 0 Å². The van der Waals surface area contributed by atoms with Gasteiger partial charge in [0, 0.05) is 43.4 Å². The van der Waals surface area contributed by atoms with Gasteiger partial charge in [-0.15, -0.1) is 0 Å². The lowest BCUT2D eigenvalue weighted by Crippen LogP contribution is -2.37. The number of carbonyl (C=O) groups is 1. The van der Waals surface area contributed by atoms with Crippen LogP contribution in [0.5, 0.6) is 0 Å². The zero-order valence-electron chi connectivity index (χ0n) is 20.1. The number of hydrogen-bond donors (Lipinski definition) is 4. The van der Waals surface area contributed by atoms with Crippen molar-refractivity contribution >= 4 is 29.2 Å². The molecule has 1 aromatic carbocycles. The molecule has 4 N–H and O–H groups in total. The van der Waals surface area contributed by atoms with Crippen LogP contribution in [0, 0.1) is 0 Å². The molecule has 3 heterocycles. The van der Waals surface area contributed by atoms with E-state index < -0.39 is 0 Å². The maximum Gasteiger partial charge on any atom is 0.229 e. The summed E-state index contributed by atoms with van der Waals surface area (Å²) in [4.78, 5) is 23.5. The van der Waals surface area contributed by atoms with Crippen molar-refractivity contribution in [3.05, 3.63) is 53.9 Å². The Morgan fingerprint density at radius 2 is 1.89 bits per heavy atom. The number of carbonyl (C=O) groups excluding carboxylic acids is 1. The number of aryl methyl sites for hydroxylation is 1. The smallest absolute Gasteiger partial charge is 0.229 e. The van der Waals surface area contributed by atoms with E-state index >= 15 is 0 Å². The fourth-order valence-corrected chi connectivity index (χ4v) is 4.38. The molecule has 1 saturated heterocycles. The highest BCUT2D eigenvalue weighted by Crippen LogP contribution is 2.39. The predicted molar refractivity (Wildman–Crippen MR) is 137 cm³/mol. The maximum atomic E-state index is 12.2. The molecule has 9 heteroatoms. The summed E-state index contributed by atoms with van der Waals surface area (Å²) in [6.45, 7) is 4.01. The molecule has 0 atom stereocenters. The Hall–Kier alpha value is -3.46. The number of piperidine rings is 1. The van der Waals surface area contributed by atoms with Crippen LogP contribution in [0.4, 0.5) is 23.3 Å². The first-order chi connectivity index (χ1) is 17.2. The van der Waals surface area contributed by atoms with Crippen molar-refractivity contribution < 1.29 is 4.79 Å². The molecule has 9 nitrogen and oxygen atoms in total. The monoisotopic (exact) mass is 474 g/mol. The number of nitrogens with one attached hydrogen (secondary N) is 4. The number of anilines is 4. The molecular weight excluding hydrogens is 440 g/mol. The highest BCUT2D eigenvalue weighted by molar-refractivity contribution is 5.76. The minimum Gasteiger partial charge on any atom is -0.355 e. The normalized spacial score (nSPS) is 16.1. The van der Waals surface area contributed by atoms with Gasteiger partial charge < -0.3 is 20.9 Å². The van der Waals surface area contributed by atoms with Gasteiger partial charge in [-0.2, -0.15) is 10.1 Å². The van der Waals surface area contributed by atoms with Gasteiger partial charge in [-0.3, -0.25) is 9.89 Å². The van der Waals surface area contributed by atoms with Crippen LogP contribution in [-0.2, 0) is 11.2 Å². The Bertz CT molecular complexity index is 1100. The Kier molecular flexibility index (Phi) is 7.53. The van der Waals surface area contributed by atoms with Crippen LogP contribution in [-0.4, -0.2) is 57.2 Å². The number of benzene rings is 1. The summed E-state index contributed by atoms with van der Waals surface area (Å²) in [6.07, 6.45) is 9.26. The van der Waals surface area contributed by atoms with E-state index in [1.807, 2.05) is 36.4 Å². The molecule has 2 aliphatic rings. The van der Waals surface area contributed by atoms with Crippen molar-refractivity contribution in [3.8, 4) is 0 Å². The quantitative estimate of drug-likeness (QED) is 0.331. The maximum absolute atomic E-state index is 12.2. The zero-order valence-corrected chi connectivity index (χ0v) is 20.1. The number of nitrogens with zero attached hydrogens (tertiary/aromatic N) is 4. The number of rotatable bonds is 11. The molecule has 35 heavy (non-hydrogen) atoms. The minimum absolute atomic E-state index is 0.114. The SMILES string of the molecule is O=C(CCc1ccc(Nc2nccc(Nc3cc(C4CC4)n[nH]3)n2)cc1)NCCN1CCCCC1. The third kappa shape index (κ3) is 7.02. The standard InChI is InChI=1S/C26H34N8O/c35-25(27-14-17-34-15-2-1-3-16-34)11-6-19-4-9-21(10-5-19)29-26-28-13-12-23(31-26)30-24-18-22(32-33-24)20-7-8-20/h4-5,9-10,12-13,18,20H,1-3,6-8,11,14-17H2,(H,27,35)(H3,28,29,30,31,32,33). The minimum atomic E-state index is 0.114. The van der Waals surface area contributed by atoms with Gasteiger partial charge >= 0.3 is 0 Å². The van der Waals surface area contributed by atoms with Crippen molar-refractivity contribution in [2.45, 2.75) is 50.9 Å². The fourth-order valence-electron chi connectivity index (χ4n) is 4.38. The Labute approximate surface area is 206 Å². The topological polar surface area (TPSA) is 111 Å². The number of hydrogen-bond acceptors (Lipinski definition) is 7. The molecule has 2 aromatic heterocycles. The third-order valence-electron chi connectivity index (χ3n) is 6.56. The second-order valence-corrected chi connectivity index (χ2v) is 9.45. The van der Waals surface area contributed by atoms with Crippen LogP contribution in [0.25, 0.3) is 0 Å². The molecule has 184 valence electrons. The lowest BCUT2D eigenvalue weighted by Gasteiger charge is -2.26. The Morgan fingerprint density at radius 1 is 1.06 bits per heavy atom. The summed E-state index contributed by atoms with van der Waals surface area (Å²) in [5.41, 5.74) is 3.13. The molecule has 3 aromatic rings. The molecule has 0 bridgehead atoms. The molecule has 1 amide bonds. The van der Waals surface area contributed by atoms with Crippen molar-refractivity contribution in [1.82, 2.24) is 30.4 Å². The molecule has 1 saturated carbocycles. The average molecular weight is 475 g/mol. The van der Waals surface area contributed by atoms with Gasteiger partial charge in [0.1, 0.15) is 11.6 Å². The molecule has 1 aliphatic carbocycles. The Morgan fingerprint density at radius 3 is 2.69 bits per heavy atom. The first kappa shape index (κ1) is 23.3. The van der Waals surface area contributed by atoms with Crippen LogP contribution < -0.4 is 16.0 Å². The summed E-state index contributed by atoms with van der Waals surface area (Å²) < 4.78 is 0. The van der Waals surface area contributed by atoms with Crippen LogP contribution in [0.2, 0.25) is 0 Å². The number of H-pyrrole nitrogens is 1. The van der Waals surface area contributed by atoms with Gasteiger partial charge in [-0.1, -0.05) is 18.6 Å². The molecule has 5 rings (SSSR count). The van der Waals surface area contributed by atoms with Gasteiger partial charge in [0.2, 0.25) is 11.9 Å². The van der Waals surface area contributed by atoms with E-state index in [2.05, 4.69) is 41.0 Å². The van der Waals surface area contributed by atoms with E-state index in [1.54, 1.807) is 6.20 Å². The fraction of sp³-hybridized carbons (Fsp3) is 0.462. The van der Waals surface area contributed by atoms with E-state index in [0.29, 0.717) is 24.1 Å². The molecule has 0 unspecified atom stereocenters. The highest BCUT2D eigenvalue weighted by atomic mass is 16.1. The summed E-state index contributed by atoms with van der Waals surface area (Å²) in [5.74, 6) is 2.75.